The number of rotatable bonds is 4. The molecule has 3 N–H and O–H groups in total. The van der Waals surface area contributed by atoms with Gasteiger partial charge in [0.1, 0.15) is 11.9 Å². The fourth-order valence-electron chi connectivity index (χ4n) is 2.53. The number of likely N-dealkylation sites (N-methyl/N-ethyl adjacent to an activating group) is 1. The number of halogens is 1. The van der Waals surface area contributed by atoms with Crippen LogP contribution in [0.25, 0.3) is 0 Å². The van der Waals surface area contributed by atoms with Gasteiger partial charge in [-0.15, -0.1) is 0 Å². The molecule has 19 heavy (non-hydrogen) atoms. The van der Waals surface area contributed by atoms with Crippen molar-refractivity contribution in [2.24, 2.45) is 5.73 Å². The SMILES string of the molecule is CNC1CCCCC1Oc1cc(Br)ccc1C(N)=O. The molecule has 104 valence electrons. The summed E-state index contributed by atoms with van der Waals surface area (Å²) >= 11 is 3.39. The summed E-state index contributed by atoms with van der Waals surface area (Å²) in [6, 6.07) is 5.62. The number of benzene rings is 1. The number of nitrogens with one attached hydrogen (secondary N) is 1. The second-order valence-electron chi connectivity index (χ2n) is 4.84. The van der Waals surface area contributed by atoms with Crippen LogP contribution in [0, 0.1) is 0 Å². The summed E-state index contributed by atoms with van der Waals surface area (Å²) in [7, 11) is 1.95. The number of nitrogens with two attached hydrogens (primary N) is 1. The lowest BCUT2D eigenvalue weighted by Crippen LogP contribution is -2.43. The molecule has 0 radical (unpaired) electrons. The van der Waals surface area contributed by atoms with Crippen LogP contribution in [0.2, 0.25) is 0 Å². The fraction of sp³-hybridized carbons (Fsp3) is 0.500. The van der Waals surface area contributed by atoms with E-state index in [9.17, 15) is 4.79 Å². The molecule has 1 saturated carbocycles. The largest absolute Gasteiger partial charge is 0.488 e. The van der Waals surface area contributed by atoms with E-state index >= 15 is 0 Å². The highest BCUT2D eigenvalue weighted by Gasteiger charge is 2.26. The molecule has 0 heterocycles. The normalized spacial score (nSPS) is 23.1. The van der Waals surface area contributed by atoms with E-state index in [0.29, 0.717) is 17.4 Å². The Balaban J connectivity index is 2.21. The Bertz CT molecular complexity index is 465. The van der Waals surface area contributed by atoms with Crippen LogP contribution in [-0.4, -0.2) is 25.1 Å². The van der Waals surface area contributed by atoms with Crippen molar-refractivity contribution in [3.63, 3.8) is 0 Å². The molecular formula is C14H19BrN2O2. The van der Waals surface area contributed by atoms with E-state index < -0.39 is 5.91 Å². The van der Waals surface area contributed by atoms with Crippen LogP contribution < -0.4 is 15.8 Å². The highest BCUT2D eigenvalue weighted by atomic mass is 79.9. The van der Waals surface area contributed by atoms with Gasteiger partial charge in [-0.05, 0) is 44.5 Å². The third-order valence-corrected chi connectivity index (χ3v) is 4.05. The summed E-state index contributed by atoms with van der Waals surface area (Å²) in [4.78, 5) is 11.4. The van der Waals surface area contributed by atoms with Crippen molar-refractivity contribution in [2.45, 2.75) is 37.8 Å². The van der Waals surface area contributed by atoms with Gasteiger partial charge in [-0.2, -0.15) is 0 Å². The number of amides is 1. The lowest BCUT2D eigenvalue weighted by molar-refractivity contribution is 0.0970. The summed E-state index contributed by atoms with van der Waals surface area (Å²) in [5.74, 6) is 0.105. The van der Waals surface area contributed by atoms with Crippen molar-refractivity contribution < 1.29 is 9.53 Å². The Kier molecular flexibility index (Phi) is 4.82. The second-order valence-corrected chi connectivity index (χ2v) is 5.76. The van der Waals surface area contributed by atoms with E-state index in [-0.39, 0.29) is 6.10 Å². The summed E-state index contributed by atoms with van der Waals surface area (Å²) in [5, 5.41) is 3.28. The van der Waals surface area contributed by atoms with Gasteiger partial charge in [0.25, 0.3) is 5.91 Å². The smallest absolute Gasteiger partial charge is 0.252 e. The van der Waals surface area contributed by atoms with Crippen molar-refractivity contribution in [1.82, 2.24) is 5.32 Å². The minimum atomic E-state index is -0.459. The van der Waals surface area contributed by atoms with E-state index in [1.165, 1.54) is 6.42 Å². The van der Waals surface area contributed by atoms with Gasteiger partial charge in [0.2, 0.25) is 0 Å². The number of hydrogen-bond acceptors (Lipinski definition) is 3. The molecule has 1 aromatic rings. The Labute approximate surface area is 121 Å². The van der Waals surface area contributed by atoms with Crippen LogP contribution in [-0.2, 0) is 0 Å². The van der Waals surface area contributed by atoms with Crippen molar-refractivity contribution in [1.29, 1.82) is 0 Å². The highest BCUT2D eigenvalue weighted by molar-refractivity contribution is 9.10. The summed E-state index contributed by atoms with van der Waals surface area (Å²) in [6.07, 6.45) is 4.55. The van der Waals surface area contributed by atoms with Crippen molar-refractivity contribution >= 4 is 21.8 Å². The van der Waals surface area contributed by atoms with E-state index in [2.05, 4.69) is 21.2 Å². The zero-order chi connectivity index (χ0) is 13.8. The molecule has 5 heteroatoms. The minimum absolute atomic E-state index is 0.0890. The first kappa shape index (κ1) is 14.3. The van der Waals surface area contributed by atoms with Gasteiger partial charge in [-0.1, -0.05) is 22.4 Å². The maximum atomic E-state index is 11.4. The number of carbonyl (C=O) groups is 1. The molecular weight excluding hydrogens is 308 g/mol. The molecule has 0 aromatic heterocycles. The van der Waals surface area contributed by atoms with Gasteiger partial charge in [0.05, 0.1) is 5.56 Å². The number of ether oxygens (including phenoxy) is 1. The molecule has 4 nitrogen and oxygen atoms in total. The van der Waals surface area contributed by atoms with Gasteiger partial charge in [-0.3, -0.25) is 4.79 Å². The maximum absolute atomic E-state index is 11.4. The molecule has 2 rings (SSSR count). The van der Waals surface area contributed by atoms with Crippen molar-refractivity contribution in [3.05, 3.63) is 28.2 Å². The quantitative estimate of drug-likeness (QED) is 0.893. The van der Waals surface area contributed by atoms with E-state index in [1.54, 1.807) is 18.2 Å². The zero-order valence-electron chi connectivity index (χ0n) is 11.0. The Morgan fingerprint density at radius 1 is 1.42 bits per heavy atom. The number of primary amides is 1. The van der Waals surface area contributed by atoms with Crippen molar-refractivity contribution in [2.75, 3.05) is 7.05 Å². The first-order chi connectivity index (χ1) is 9.11. The zero-order valence-corrected chi connectivity index (χ0v) is 12.6. The Morgan fingerprint density at radius 2 is 2.16 bits per heavy atom. The standard InChI is InChI=1S/C14H19BrN2O2/c1-17-11-4-2-3-5-12(11)19-13-8-9(15)6-7-10(13)14(16)18/h6-8,11-12,17H,2-5H2,1H3,(H2,16,18). The highest BCUT2D eigenvalue weighted by Crippen LogP contribution is 2.28. The molecule has 1 aliphatic rings. The summed E-state index contributed by atoms with van der Waals surface area (Å²) in [6.45, 7) is 0. The summed E-state index contributed by atoms with van der Waals surface area (Å²) in [5.41, 5.74) is 5.82. The van der Waals surface area contributed by atoms with Crippen LogP contribution in [0.15, 0.2) is 22.7 Å². The third kappa shape index (κ3) is 3.48. The number of carbonyl (C=O) groups excluding carboxylic acids is 1. The van der Waals surface area contributed by atoms with Crippen LogP contribution in [0.4, 0.5) is 0 Å². The Morgan fingerprint density at radius 3 is 2.84 bits per heavy atom. The molecule has 1 amide bonds. The van der Waals surface area contributed by atoms with Gasteiger partial charge < -0.3 is 15.8 Å². The van der Waals surface area contributed by atoms with E-state index in [0.717, 1.165) is 23.7 Å². The molecule has 0 saturated heterocycles. The molecule has 1 fully saturated rings. The van der Waals surface area contributed by atoms with Crippen LogP contribution >= 0.6 is 15.9 Å². The first-order valence-electron chi connectivity index (χ1n) is 6.55. The van der Waals surface area contributed by atoms with Gasteiger partial charge in [0, 0.05) is 10.5 Å². The van der Waals surface area contributed by atoms with E-state index in [1.807, 2.05) is 7.05 Å². The minimum Gasteiger partial charge on any atom is -0.488 e. The van der Waals surface area contributed by atoms with Crippen LogP contribution in [0.3, 0.4) is 0 Å². The predicted molar refractivity (Wildman–Crippen MR) is 78.4 cm³/mol. The van der Waals surface area contributed by atoms with Crippen molar-refractivity contribution in [3.8, 4) is 5.75 Å². The van der Waals surface area contributed by atoms with Gasteiger partial charge in [-0.25, -0.2) is 0 Å². The first-order valence-corrected chi connectivity index (χ1v) is 7.34. The van der Waals surface area contributed by atoms with Crippen LogP contribution in [0.1, 0.15) is 36.0 Å². The molecule has 1 aliphatic carbocycles. The van der Waals surface area contributed by atoms with Crippen LogP contribution in [0.5, 0.6) is 5.75 Å². The topological polar surface area (TPSA) is 64.3 Å². The molecule has 2 atom stereocenters. The van der Waals surface area contributed by atoms with Gasteiger partial charge >= 0.3 is 0 Å². The monoisotopic (exact) mass is 326 g/mol. The van der Waals surface area contributed by atoms with Gasteiger partial charge in [0.15, 0.2) is 0 Å². The van der Waals surface area contributed by atoms with E-state index in [4.69, 9.17) is 10.5 Å². The molecule has 0 spiro atoms. The summed E-state index contributed by atoms with van der Waals surface area (Å²) < 4.78 is 6.92. The molecule has 0 aliphatic heterocycles. The second kappa shape index (κ2) is 6.39. The predicted octanol–water partition coefficient (Wildman–Crippen LogP) is 2.46. The average molecular weight is 327 g/mol. The maximum Gasteiger partial charge on any atom is 0.252 e. The lowest BCUT2D eigenvalue weighted by atomic mass is 9.92. The average Bonchev–Trinajstić information content (AvgIpc) is 2.39. The Hall–Kier alpha value is -1.07. The lowest BCUT2D eigenvalue weighted by Gasteiger charge is -2.32. The molecule has 0 bridgehead atoms. The third-order valence-electron chi connectivity index (χ3n) is 3.56. The molecule has 1 aromatic carbocycles. The number of hydrogen-bond donors (Lipinski definition) is 2. The molecule has 2 unspecified atom stereocenters. The fourth-order valence-corrected chi connectivity index (χ4v) is 2.87.